The average Bonchev–Trinajstić information content (AvgIpc) is 3.08. The van der Waals surface area contributed by atoms with Crippen molar-refractivity contribution in [3.05, 3.63) is 47.8 Å². The van der Waals surface area contributed by atoms with E-state index in [-0.39, 0.29) is 11.6 Å². The molecule has 2 atom stereocenters. The first-order valence-electron chi connectivity index (χ1n) is 7.32. The predicted octanol–water partition coefficient (Wildman–Crippen LogP) is 2.26. The number of rotatable bonds is 1. The molecule has 4 heteroatoms. The molecule has 0 radical (unpaired) electrons. The van der Waals surface area contributed by atoms with E-state index in [1.165, 1.54) is 22.3 Å². The lowest BCUT2D eigenvalue weighted by Gasteiger charge is -2.23. The molecule has 0 unspecified atom stereocenters. The normalized spacial score (nSPS) is 26.8. The van der Waals surface area contributed by atoms with Crippen LogP contribution >= 0.6 is 0 Å². The van der Waals surface area contributed by atoms with Crippen LogP contribution in [0, 0.1) is 0 Å². The number of benzene rings is 1. The van der Waals surface area contributed by atoms with E-state index in [1.807, 2.05) is 7.05 Å². The number of nitrogens with two attached hydrogens (primary N) is 1. The maximum absolute atomic E-state index is 5.79. The van der Waals surface area contributed by atoms with Gasteiger partial charge in [-0.1, -0.05) is 18.2 Å². The van der Waals surface area contributed by atoms with Crippen molar-refractivity contribution in [3.63, 3.8) is 0 Å². The Morgan fingerprint density at radius 1 is 1.33 bits per heavy atom. The predicted molar refractivity (Wildman–Crippen MR) is 83.2 cm³/mol. The van der Waals surface area contributed by atoms with Gasteiger partial charge in [-0.2, -0.15) is 0 Å². The molecular weight excluding hydrogens is 262 g/mol. The second-order valence-electron chi connectivity index (χ2n) is 6.18. The van der Waals surface area contributed by atoms with Crippen molar-refractivity contribution in [2.45, 2.75) is 31.4 Å². The van der Waals surface area contributed by atoms with Crippen LogP contribution < -0.4 is 5.73 Å². The summed E-state index contributed by atoms with van der Waals surface area (Å²) in [7, 11) is 2.05. The largest absolute Gasteiger partial charge is 0.460 e. The third-order valence-electron chi connectivity index (χ3n) is 4.78. The van der Waals surface area contributed by atoms with Crippen molar-refractivity contribution in [1.82, 2.24) is 4.57 Å². The Hall–Kier alpha value is -2.23. The van der Waals surface area contributed by atoms with Crippen LogP contribution in [0.1, 0.15) is 18.1 Å². The van der Waals surface area contributed by atoms with E-state index in [4.69, 9.17) is 10.5 Å². The Morgan fingerprint density at radius 3 is 2.86 bits per heavy atom. The number of amidine groups is 1. The number of hydrogen-bond donors (Lipinski definition) is 1. The van der Waals surface area contributed by atoms with Gasteiger partial charge in [-0.15, -0.1) is 0 Å². The Balaban J connectivity index is 1.80. The summed E-state index contributed by atoms with van der Waals surface area (Å²) in [4.78, 5) is 4.62. The van der Waals surface area contributed by atoms with Crippen LogP contribution in [0.3, 0.4) is 0 Å². The molecule has 0 saturated carbocycles. The first-order chi connectivity index (χ1) is 10.1. The van der Waals surface area contributed by atoms with Gasteiger partial charge in [0.1, 0.15) is 11.6 Å². The minimum Gasteiger partial charge on any atom is -0.460 e. The zero-order valence-corrected chi connectivity index (χ0v) is 12.3. The van der Waals surface area contributed by atoms with Gasteiger partial charge in [0.05, 0.1) is 0 Å². The van der Waals surface area contributed by atoms with E-state index in [0.717, 1.165) is 12.8 Å². The fourth-order valence-electron chi connectivity index (χ4n) is 3.63. The van der Waals surface area contributed by atoms with E-state index < -0.39 is 0 Å². The van der Waals surface area contributed by atoms with Gasteiger partial charge in [0.15, 0.2) is 0 Å². The lowest BCUT2D eigenvalue weighted by Crippen LogP contribution is -2.36. The van der Waals surface area contributed by atoms with Crippen LogP contribution in [-0.4, -0.2) is 22.2 Å². The summed E-state index contributed by atoms with van der Waals surface area (Å²) >= 11 is 0. The third-order valence-corrected chi connectivity index (χ3v) is 4.78. The van der Waals surface area contributed by atoms with Gasteiger partial charge >= 0.3 is 0 Å². The fourth-order valence-corrected chi connectivity index (χ4v) is 3.63. The molecule has 1 spiro atoms. The maximum atomic E-state index is 5.79. The van der Waals surface area contributed by atoms with Crippen LogP contribution in [0.5, 0.6) is 0 Å². The van der Waals surface area contributed by atoms with E-state index in [0.29, 0.717) is 6.02 Å². The van der Waals surface area contributed by atoms with Gasteiger partial charge < -0.3 is 15.0 Å². The Labute approximate surface area is 124 Å². The third kappa shape index (κ3) is 1.78. The molecule has 2 aliphatic rings. The molecule has 2 heterocycles. The molecule has 0 fully saturated rings. The van der Waals surface area contributed by atoms with Gasteiger partial charge in [0.2, 0.25) is 0 Å². The Morgan fingerprint density at radius 2 is 2.19 bits per heavy atom. The van der Waals surface area contributed by atoms with E-state index in [9.17, 15) is 0 Å². The van der Waals surface area contributed by atoms with E-state index >= 15 is 0 Å². The Kier molecular flexibility index (Phi) is 2.46. The van der Waals surface area contributed by atoms with Gasteiger partial charge in [-0.3, -0.25) is 0 Å². The zero-order chi connectivity index (χ0) is 14.6. The topological polar surface area (TPSA) is 52.5 Å². The molecule has 1 aliphatic heterocycles. The van der Waals surface area contributed by atoms with Crippen molar-refractivity contribution in [3.8, 4) is 11.1 Å². The molecule has 21 heavy (non-hydrogen) atoms. The highest BCUT2D eigenvalue weighted by atomic mass is 16.5. The highest BCUT2D eigenvalue weighted by Crippen LogP contribution is 2.43. The number of aliphatic imine (C=N–C) groups is 1. The van der Waals surface area contributed by atoms with Crippen LogP contribution in [0.2, 0.25) is 0 Å². The number of fused-ring (bicyclic) bond motifs is 1. The summed E-state index contributed by atoms with van der Waals surface area (Å²) in [5, 5.41) is 0. The van der Waals surface area contributed by atoms with Crippen molar-refractivity contribution in [2.24, 2.45) is 17.8 Å². The summed E-state index contributed by atoms with van der Waals surface area (Å²) in [5.74, 6) is 0. The van der Waals surface area contributed by atoms with Gasteiger partial charge in [0.25, 0.3) is 6.02 Å². The summed E-state index contributed by atoms with van der Waals surface area (Å²) < 4.78 is 7.68. The Bertz CT molecular complexity index is 746. The average molecular weight is 281 g/mol. The molecule has 4 nitrogen and oxygen atoms in total. The molecule has 4 rings (SSSR count). The van der Waals surface area contributed by atoms with E-state index in [1.54, 1.807) is 0 Å². The summed E-state index contributed by atoms with van der Waals surface area (Å²) in [5.41, 5.74) is 10.9. The molecule has 1 aromatic heterocycles. The summed E-state index contributed by atoms with van der Waals surface area (Å²) in [6.45, 7) is 2.07. The first kappa shape index (κ1) is 12.5. The van der Waals surface area contributed by atoms with Crippen molar-refractivity contribution < 1.29 is 4.74 Å². The lowest BCUT2D eigenvalue weighted by atomic mass is 9.90. The monoisotopic (exact) mass is 281 g/mol. The first-order valence-corrected chi connectivity index (χ1v) is 7.32. The smallest absolute Gasteiger partial charge is 0.282 e. The zero-order valence-electron chi connectivity index (χ0n) is 12.3. The highest BCUT2D eigenvalue weighted by molar-refractivity contribution is 5.76. The second kappa shape index (κ2) is 4.13. The van der Waals surface area contributed by atoms with Crippen LogP contribution in [0.25, 0.3) is 11.1 Å². The number of aryl methyl sites for hydroxylation is 1. The molecule has 0 saturated heterocycles. The molecule has 108 valence electrons. The molecular formula is C17H19N3O. The number of nitrogens with zero attached hydrogens (tertiary/aromatic N) is 2. The van der Waals surface area contributed by atoms with Crippen molar-refractivity contribution >= 4 is 6.02 Å². The van der Waals surface area contributed by atoms with Crippen LogP contribution in [0.15, 0.2) is 41.7 Å². The molecule has 0 bridgehead atoms. The number of aromatic nitrogens is 1. The van der Waals surface area contributed by atoms with E-state index in [2.05, 4.69) is 53.1 Å². The lowest BCUT2D eigenvalue weighted by molar-refractivity contribution is 0.157. The van der Waals surface area contributed by atoms with Gasteiger partial charge in [-0.25, -0.2) is 4.99 Å². The standard InChI is InChI=1S/C17H19N3O/c1-11-17(19-16(18)21-11)8-12-4-3-5-14(15(12)9-17)13-6-7-20(2)10-13/h3-7,10-11H,8-9H2,1-2H3,(H2,18,19)/t11-,17-/m1/s1. The highest BCUT2D eigenvalue weighted by Gasteiger charge is 2.48. The molecule has 2 N–H and O–H groups in total. The van der Waals surface area contributed by atoms with Crippen molar-refractivity contribution in [1.29, 1.82) is 0 Å². The summed E-state index contributed by atoms with van der Waals surface area (Å²) in [6.07, 6.45) is 6.08. The second-order valence-corrected chi connectivity index (χ2v) is 6.18. The number of hydrogen-bond acceptors (Lipinski definition) is 3. The SMILES string of the molecule is C[C@H]1OC(N)=N[C@@]12Cc1cccc(-c3ccn(C)c3)c1C2. The fraction of sp³-hybridized carbons (Fsp3) is 0.353. The molecule has 1 aromatic carbocycles. The molecule has 2 aromatic rings. The van der Waals surface area contributed by atoms with Crippen LogP contribution in [0.4, 0.5) is 0 Å². The van der Waals surface area contributed by atoms with Crippen molar-refractivity contribution in [2.75, 3.05) is 0 Å². The minimum atomic E-state index is -0.211. The minimum absolute atomic E-state index is 0.0357. The maximum Gasteiger partial charge on any atom is 0.282 e. The molecule has 0 amide bonds. The summed E-state index contributed by atoms with van der Waals surface area (Å²) in [6, 6.07) is 9.02. The van der Waals surface area contributed by atoms with Gasteiger partial charge in [-0.05, 0) is 35.2 Å². The molecule has 1 aliphatic carbocycles. The van der Waals surface area contributed by atoms with Gasteiger partial charge in [0, 0.05) is 32.3 Å². The quantitative estimate of drug-likeness (QED) is 0.871. The number of ether oxygens (including phenoxy) is 1. The van der Waals surface area contributed by atoms with Crippen LogP contribution in [-0.2, 0) is 24.6 Å².